The highest BCUT2D eigenvalue weighted by molar-refractivity contribution is 5.79. The van der Waals surface area contributed by atoms with Crippen molar-refractivity contribution < 1.29 is 4.79 Å². The van der Waals surface area contributed by atoms with E-state index in [4.69, 9.17) is 0 Å². The first-order valence-corrected chi connectivity index (χ1v) is 8.82. The Bertz CT molecular complexity index is 784. The van der Waals surface area contributed by atoms with Crippen molar-refractivity contribution in [3.8, 4) is 0 Å². The van der Waals surface area contributed by atoms with Gasteiger partial charge in [0.25, 0.3) is 0 Å². The van der Waals surface area contributed by atoms with E-state index in [2.05, 4.69) is 4.98 Å². The molecule has 1 aliphatic rings. The van der Waals surface area contributed by atoms with Crippen LogP contribution in [0.5, 0.6) is 0 Å². The highest BCUT2D eigenvalue weighted by Gasteiger charge is 2.24. The van der Waals surface area contributed by atoms with Crippen LogP contribution < -0.4 is 5.69 Å². The molecule has 2 aromatic rings. The van der Waals surface area contributed by atoms with Crippen LogP contribution in [0.4, 0.5) is 0 Å². The van der Waals surface area contributed by atoms with Crippen LogP contribution in [-0.4, -0.2) is 38.0 Å². The van der Waals surface area contributed by atoms with Crippen LogP contribution in [0, 0.1) is 0 Å². The number of rotatable bonds is 4. The number of aromatic nitrogens is 3. The molecule has 0 atom stereocenters. The Hall–Kier alpha value is -2.11. The Morgan fingerprint density at radius 1 is 1.33 bits per heavy atom. The standard InChI is InChI=1S/C18H26N4O2/c1-13(2)22-17-15(10-7-11-19-17)21(18(22)24)12-16(23)20(3)14-8-5-4-6-9-14/h7,10-11,13-14H,4-6,8-9,12H2,1-3H3. The van der Waals surface area contributed by atoms with Gasteiger partial charge in [-0.3, -0.25) is 13.9 Å². The van der Waals surface area contributed by atoms with Gasteiger partial charge in [0.15, 0.2) is 5.65 Å². The van der Waals surface area contributed by atoms with E-state index in [0.29, 0.717) is 11.7 Å². The average Bonchev–Trinajstić information content (AvgIpc) is 2.87. The van der Waals surface area contributed by atoms with Crippen LogP contribution in [0.25, 0.3) is 11.2 Å². The molecule has 0 aliphatic heterocycles. The molecule has 0 N–H and O–H groups in total. The van der Waals surface area contributed by atoms with Gasteiger partial charge in [0.05, 0.1) is 5.52 Å². The Kier molecular flexibility index (Phi) is 4.73. The number of fused-ring (bicyclic) bond motifs is 1. The van der Waals surface area contributed by atoms with Gasteiger partial charge in [0.1, 0.15) is 6.54 Å². The van der Waals surface area contributed by atoms with Crippen molar-refractivity contribution in [2.24, 2.45) is 0 Å². The highest BCUT2D eigenvalue weighted by atomic mass is 16.2. The highest BCUT2D eigenvalue weighted by Crippen LogP contribution is 2.22. The van der Waals surface area contributed by atoms with Crippen molar-refractivity contribution in [3.63, 3.8) is 0 Å². The summed E-state index contributed by atoms with van der Waals surface area (Å²) in [7, 11) is 1.86. The van der Waals surface area contributed by atoms with Crippen LogP contribution in [0.2, 0.25) is 0 Å². The zero-order valence-electron chi connectivity index (χ0n) is 14.7. The van der Waals surface area contributed by atoms with Gasteiger partial charge < -0.3 is 4.90 Å². The fourth-order valence-corrected chi connectivity index (χ4v) is 3.65. The molecule has 1 fully saturated rings. The summed E-state index contributed by atoms with van der Waals surface area (Å²) in [6.45, 7) is 3.99. The number of carbonyl (C=O) groups excluding carboxylic acids is 1. The second kappa shape index (κ2) is 6.79. The minimum Gasteiger partial charge on any atom is -0.341 e. The van der Waals surface area contributed by atoms with Gasteiger partial charge in [-0.05, 0) is 38.8 Å². The fraction of sp³-hybridized carbons (Fsp3) is 0.611. The summed E-state index contributed by atoms with van der Waals surface area (Å²) in [6, 6.07) is 3.97. The molecule has 6 heteroatoms. The molecule has 0 unspecified atom stereocenters. The van der Waals surface area contributed by atoms with Gasteiger partial charge in [-0.15, -0.1) is 0 Å². The summed E-state index contributed by atoms with van der Waals surface area (Å²) < 4.78 is 3.22. The Balaban J connectivity index is 1.91. The van der Waals surface area contributed by atoms with Crippen molar-refractivity contribution in [2.45, 2.75) is 64.6 Å². The molecule has 1 saturated carbocycles. The third-order valence-electron chi connectivity index (χ3n) is 5.05. The lowest BCUT2D eigenvalue weighted by Gasteiger charge is -2.31. The van der Waals surface area contributed by atoms with E-state index in [1.165, 1.54) is 19.3 Å². The second-order valence-corrected chi connectivity index (χ2v) is 6.98. The van der Waals surface area contributed by atoms with Crippen LogP contribution in [0.15, 0.2) is 23.1 Å². The molecule has 2 aromatic heterocycles. The molecule has 0 radical (unpaired) electrons. The third kappa shape index (κ3) is 2.97. The zero-order chi connectivity index (χ0) is 17.3. The van der Waals surface area contributed by atoms with E-state index in [9.17, 15) is 9.59 Å². The van der Waals surface area contributed by atoms with Gasteiger partial charge in [-0.25, -0.2) is 9.78 Å². The van der Waals surface area contributed by atoms with Gasteiger partial charge in [-0.1, -0.05) is 19.3 Å². The molecule has 130 valence electrons. The van der Waals surface area contributed by atoms with E-state index in [0.717, 1.165) is 18.4 Å². The summed E-state index contributed by atoms with van der Waals surface area (Å²) in [5.41, 5.74) is 1.20. The van der Waals surface area contributed by atoms with Crippen LogP contribution >= 0.6 is 0 Å². The number of hydrogen-bond acceptors (Lipinski definition) is 3. The summed E-state index contributed by atoms with van der Waals surface area (Å²) >= 11 is 0. The molecule has 3 rings (SSSR count). The minimum atomic E-state index is -0.163. The van der Waals surface area contributed by atoms with E-state index in [1.807, 2.05) is 31.9 Å². The molecular weight excluding hydrogens is 304 g/mol. The molecule has 1 aliphatic carbocycles. The van der Waals surface area contributed by atoms with Crippen molar-refractivity contribution in [1.82, 2.24) is 19.0 Å². The van der Waals surface area contributed by atoms with Crippen LogP contribution in [-0.2, 0) is 11.3 Å². The van der Waals surface area contributed by atoms with Crippen LogP contribution in [0.1, 0.15) is 52.0 Å². The normalized spacial score (nSPS) is 16.0. The van der Waals surface area contributed by atoms with E-state index >= 15 is 0 Å². The van der Waals surface area contributed by atoms with Crippen molar-refractivity contribution in [3.05, 3.63) is 28.8 Å². The fourth-order valence-electron chi connectivity index (χ4n) is 3.65. The molecule has 0 bridgehead atoms. The van der Waals surface area contributed by atoms with Crippen molar-refractivity contribution in [1.29, 1.82) is 0 Å². The Morgan fingerprint density at radius 2 is 2.04 bits per heavy atom. The Labute approximate surface area is 142 Å². The predicted molar refractivity (Wildman–Crippen MR) is 94.0 cm³/mol. The first kappa shape index (κ1) is 16.7. The average molecular weight is 330 g/mol. The zero-order valence-corrected chi connectivity index (χ0v) is 14.7. The molecule has 2 heterocycles. The number of nitrogens with zero attached hydrogens (tertiary/aromatic N) is 4. The maximum absolute atomic E-state index is 12.8. The monoisotopic (exact) mass is 330 g/mol. The molecule has 6 nitrogen and oxygen atoms in total. The summed E-state index contributed by atoms with van der Waals surface area (Å²) in [4.78, 5) is 31.7. The lowest BCUT2D eigenvalue weighted by Crippen LogP contribution is -2.41. The predicted octanol–water partition coefficient (Wildman–Crippen LogP) is 2.57. The first-order chi connectivity index (χ1) is 11.5. The SMILES string of the molecule is CC(C)n1c(=O)n(CC(=O)N(C)C2CCCCC2)c2cccnc21. The van der Waals surface area contributed by atoms with Gasteiger partial charge in [0.2, 0.25) is 5.91 Å². The smallest absolute Gasteiger partial charge is 0.331 e. The molecule has 0 spiro atoms. The summed E-state index contributed by atoms with van der Waals surface area (Å²) in [5.74, 6) is -0.00402. The number of likely N-dealkylation sites (N-methyl/N-ethyl adjacent to an activating group) is 1. The quantitative estimate of drug-likeness (QED) is 0.865. The molecule has 0 saturated heterocycles. The number of pyridine rings is 1. The minimum absolute atomic E-state index is 0.00215. The van der Waals surface area contributed by atoms with Gasteiger partial charge in [-0.2, -0.15) is 0 Å². The second-order valence-electron chi connectivity index (χ2n) is 6.98. The topological polar surface area (TPSA) is 60.1 Å². The molecular formula is C18H26N4O2. The third-order valence-corrected chi connectivity index (χ3v) is 5.05. The molecule has 24 heavy (non-hydrogen) atoms. The van der Waals surface area contributed by atoms with E-state index in [1.54, 1.807) is 21.4 Å². The largest absolute Gasteiger partial charge is 0.341 e. The molecule has 1 amide bonds. The van der Waals surface area contributed by atoms with Gasteiger partial charge >= 0.3 is 5.69 Å². The number of amides is 1. The summed E-state index contributed by atoms with van der Waals surface area (Å²) in [6.07, 6.45) is 7.42. The van der Waals surface area contributed by atoms with E-state index < -0.39 is 0 Å². The maximum Gasteiger partial charge on any atom is 0.331 e. The number of imidazole rings is 1. The van der Waals surface area contributed by atoms with Crippen molar-refractivity contribution in [2.75, 3.05) is 7.05 Å². The Morgan fingerprint density at radius 3 is 2.71 bits per heavy atom. The van der Waals surface area contributed by atoms with Crippen molar-refractivity contribution >= 4 is 17.1 Å². The lowest BCUT2D eigenvalue weighted by atomic mass is 9.94. The number of hydrogen-bond donors (Lipinski definition) is 0. The summed E-state index contributed by atoms with van der Waals surface area (Å²) in [5, 5.41) is 0. The van der Waals surface area contributed by atoms with Crippen LogP contribution in [0.3, 0.4) is 0 Å². The van der Waals surface area contributed by atoms with Gasteiger partial charge in [0, 0.05) is 25.3 Å². The first-order valence-electron chi connectivity index (χ1n) is 8.82. The lowest BCUT2D eigenvalue weighted by molar-refractivity contribution is -0.133. The molecule has 0 aromatic carbocycles. The van der Waals surface area contributed by atoms with E-state index in [-0.39, 0.29) is 24.2 Å². The number of carbonyl (C=O) groups is 1. The maximum atomic E-state index is 12.8.